The molecule has 0 fully saturated rings. The predicted molar refractivity (Wildman–Crippen MR) is 75.6 cm³/mol. The molecule has 0 aliphatic rings. The monoisotopic (exact) mass is 257 g/mol. The number of hydrogen-bond acceptors (Lipinski definition) is 3. The van der Waals surface area contributed by atoms with Gasteiger partial charge in [0.1, 0.15) is 0 Å². The van der Waals surface area contributed by atoms with Crippen LogP contribution in [0.5, 0.6) is 0 Å². The molecular formula is C16H19NO2. The average Bonchev–Trinajstić information content (AvgIpc) is 2.49. The van der Waals surface area contributed by atoms with E-state index in [0.29, 0.717) is 6.54 Å². The zero-order chi connectivity index (χ0) is 13.5. The van der Waals surface area contributed by atoms with E-state index < -0.39 is 6.10 Å². The SMILES string of the molecule is OC[C@H](O)[C@H](NCc1ccccc1)c1ccccc1. The van der Waals surface area contributed by atoms with Crippen LogP contribution in [-0.2, 0) is 6.54 Å². The van der Waals surface area contributed by atoms with E-state index in [-0.39, 0.29) is 12.6 Å². The van der Waals surface area contributed by atoms with Gasteiger partial charge in [0.05, 0.1) is 18.8 Å². The lowest BCUT2D eigenvalue weighted by Gasteiger charge is -2.23. The highest BCUT2D eigenvalue weighted by atomic mass is 16.3. The van der Waals surface area contributed by atoms with Crippen molar-refractivity contribution in [3.63, 3.8) is 0 Å². The third-order valence-corrected chi connectivity index (χ3v) is 3.10. The van der Waals surface area contributed by atoms with Crippen LogP contribution in [0.15, 0.2) is 60.7 Å². The second-order valence-electron chi connectivity index (χ2n) is 4.50. The molecule has 0 spiro atoms. The van der Waals surface area contributed by atoms with Gasteiger partial charge in [-0.3, -0.25) is 0 Å². The van der Waals surface area contributed by atoms with E-state index in [1.165, 1.54) is 0 Å². The molecule has 0 aromatic heterocycles. The molecule has 0 aliphatic carbocycles. The van der Waals surface area contributed by atoms with Gasteiger partial charge in [0, 0.05) is 6.54 Å². The fourth-order valence-corrected chi connectivity index (χ4v) is 2.07. The van der Waals surface area contributed by atoms with Gasteiger partial charge in [0.15, 0.2) is 0 Å². The zero-order valence-corrected chi connectivity index (χ0v) is 10.7. The molecule has 3 N–H and O–H groups in total. The van der Waals surface area contributed by atoms with Crippen LogP contribution in [0.2, 0.25) is 0 Å². The molecule has 0 saturated carbocycles. The van der Waals surface area contributed by atoms with Crippen molar-refractivity contribution in [3.05, 3.63) is 71.8 Å². The molecule has 0 radical (unpaired) electrons. The summed E-state index contributed by atoms with van der Waals surface area (Å²) in [7, 11) is 0. The van der Waals surface area contributed by atoms with E-state index in [4.69, 9.17) is 0 Å². The molecule has 0 heterocycles. The van der Waals surface area contributed by atoms with Gasteiger partial charge >= 0.3 is 0 Å². The number of aliphatic hydroxyl groups excluding tert-OH is 2. The number of aliphatic hydroxyl groups is 2. The summed E-state index contributed by atoms with van der Waals surface area (Å²) in [5.74, 6) is 0. The van der Waals surface area contributed by atoms with Crippen LogP contribution in [0.1, 0.15) is 17.2 Å². The van der Waals surface area contributed by atoms with Gasteiger partial charge in [0.2, 0.25) is 0 Å². The summed E-state index contributed by atoms with van der Waals surface area (Å²) >= 11 is 0. The van der Waals surface area contributed by atoms with Crippen LogP contribution in [-0.4, -0.2) is 22.9 Å². The number of rotatable bonds is 6. The van der Waals surface area contributed by atoms with Crippen LogP contribution in [0, 0.1) is 0 Å². The van der Waals surface area contributed by atoms with Crippen molar-refractivity contribution in [1.82, 2.24) is 5.32 Å². The molecule has 0 saturated heterocycles. The molecule has 2 aromatic carbocycles. The third-order valence-electron chi connectivity index (χ3n) is 3.10. The van der Waals surface area contributed by atoms with Crippen molar-refractivity contribution in [1.29, 1.82) is 0 Å². The Morgan fingerprint density at radius 3 is 2.05 bits per heavy atom. The quantitative estimate of drug-likeness (QED) is 0.740. The Morgan fingerprint density at radius 1 is 0.895 bits per heavy atom. The van der Waals surface area contributed by atoms with Crippen molar-refractivity contribution >= 4 is 0 Å². The maximum absolute atomic E-state index is 9.94. The van der Waals surface area contributed by atoms with Gasteiger partial charge in [-0.2, -0.15) is 0 Å². The third kappa shape index (κ3) is 3.89. The fourth-order valence-electron chi connectivity index (χ4n) is 2.07. The summed E-state index contributed by atoms with van der Waals surface area (Å²) in [6.07, 6.45) is -0.814. The fraction of sp³-hybridized carbons (Fsp3) is 0.250. The van der Waals surface area contributed by atoms with E-state index in [1.54, 1.807) is 0 Å². The van der Waals surface area contributed by atoms with Gasteiger partial charge in [-0.15, -0.1) is 0 Å². The second kappa shape index (κ2) is 7.04. The first-order chi connectivity index (χ1) is 9.31. The molecule has 100 valence electrons. The Hall–Kier alpha value is -1.68. The first-order valence-electron chi connectivity index (χ1n) is 6.42. The zero-order valence-electron chi connectivity index (χ0n) is 10.7. The van der Waals surface area contributed by atoms with Gasteiger partial charge in [-0.1, -0.05) is 60.7 Å². The van der Waals surface area contributed by atoms with Gasteiger partial charge in [-0.25, -0.2) is 0 Å². The number of nitrogens with one attached hydrogen (secondary N) is 1. The lowest BCUT2D eigenvalue weighted by atomic mass is 10.0. The summed E-state index contributed by atoms with van der Waals surface area (Å²) in [4.78, 5) is 0. The Bertz CT molecular complexity index is 473. The predicted octanol–water partition coefficient (Wildman–Crippen LogP) is 1.87. The molecule has 3 nitrogen and oxygen atoms in total. The highest BCUT2D eigenvalue weighted by molar-refractivity contribution is 5.21. The smallest absolute Gasteiger partial charge is 0.0965 e. The minimum Gasteiger partial charge on any atom is -0.394 e. The molecule has 3 heteroatoms. The molecular weight excluding hydrogens is 238 g/mol. The van der Waals surface area contributed by atoms with Gasteiger partial charge in [-0.05, 0) is 11.1 Å². The Kier molecular flexibility index (Phi) is 5.10. The average molecular weight is 257 g/mol. The normalized spacial score (nSPS) is 14.0. The molecule has 2 atom stereocenters. The first-order valence-corrected chi connectivity index (χ1v) is 6.42. The molecule has 0 aliphatic heterocycles. The van der Waals surface area contributed by atoms with Crippen LogP contribution >= 0.6 is 0 Å². The highest BCUT2D eigenvalue weighted by Gasteiger charge is 2.19. The van der Waals surface area contributed by atoms with Crippen LogP contribution < -0.4 is 5.32 Å². The molecule has 0 unspecified atom stereocenters. The number of benzene rings is 2. The maximum atomic E-state index is 9.94. The topological polar surface area (TPSA) is 52.5 Å². The first kappa shape index (κ1) is 13.7. The molecule has 2 aromatic rings. The largest absolute Gasteiger partial charge is 0.394 e. The van der Waals surface area contributed by atoms with E-state index in [0.717, 1.165) is 11.1 Å². The second-order valence-corrected chi connectivity index (χ2v) is 4.50. The van der Waals surface area contributed by atoms with Crippen LogP contribution in [0.4, 0.5) is 0 Å². The van der Waals surface area contributed by atoms with E-state index in [1.807, 2.05) is 60.7 Å². The van der Waals surface area contributed by atoms with E-state index >= 15 is 0 Å². The lowest BCUT2D eigenvalue weighted by molar-refractivity contribution is 0.0618. The van der Waals surface area contributed by atoms with Crippen molar-refractivity contribution in [2.75, 3.05) is 6.61 Å². The van der Waals surface area contributed by atoms with Crippen molar-refractivity contribution in [2.45, 2.75) is 18.7 Å². The Morgan fingerprint density at radius 2 is 1.47 bits per heavy atom. The minimum atomic E-state index is -0.814. The summed E-state index contributed by atoms with van der Waals surface area (Å²) < 4.78 is 0. The van der Waals surface area contributed by atoms with Crippen LogP contribution in [0.3, 0.4) is 0 Å². The molecule has 0 amide bonds. The van der Waals surface area contributed by atoms with Crippen molar-refractivity contribution in [2.24, 2.45) is 0 Å². The van der Waals surface area contributed by atoms with Gasteiger partial charge in [0.25, 0.3) is 0 Å². The van der Waals surface area contributed by atoms with E-state index in [9.17, 15) is 10.2 Å². The van der Waals surface area contributed by atoms with Crippen molar-refractivity contribution in [3.8, 4) is 0 Å². The summed E-state index contributed by atoms with van der Waals surface area (Å²) in [6.45, 7) is 0.388. The van der Waals surface area contributed by atoms with Crippen molar-refractivity contribution < 1.29 is 10.2 Å². The Labute approximate surface area is 113 Å². The highest BCUT2D eigenvalue weighted by Crippen LogP contribution is 2.17. The Balaban J connectivity index is 2.07. The molecule has 0 bridgehead atoms. The van der Waals surface area contributed by atoms with Gasteiger partial charge < -0.3 is 15.5 Å². The summed E-state index contributed by atoms with van der Waals surface area (Å²) in [5.41, 5.74) is 2.12. The maximum Gasteiger partial charge on any atom is 0.0965 e. The molecule has 2 rings (SSSR count). The summed E-state index contributed by atoms with van der Waals surface area (Å²) in [5, 5.41) is 22.4. The lowest BCUT2D eigenvalue weighted by Crippen LogP contribution is -2.34. The molecule has 19 heavy (non-hydrogen) atoms. The van der Waals surface area contributed by atoms with E-state index in [2.05, 4.69) is 5.32 Å². The standard InChI is InChI=1S/C16H19NO2/c18-12-15(19)16(14-9-5-2-6-10-14)17-11-13-7-3-1-4-8-13/h1-10,15-19H,11-12H2/t15-,16+/m0/s1. The number of hydrogen-bond donors (Lipinski definition) is 3. The summed E-state index contributed by atoms with van der Waals surface area (Å²) in [6, 6.07) is 19.4. The minimum absolute atomic E-state index is 0.263. The van der Waals surface area contributed by atoms with Crippen LogP contribution in [0.25, 0.3) is 0 Å².